The lowest BCUT2D eigenvalue weighted by Crippen LogP contribution is -2.49. The molecule has 1 aliphatic rings. The van der Waals surface area contributed by atoms with Gasteiger partial charge in [0.25, 0.3) is 0 Å². The molecule has 0 N–H and O–H groups in total. The van der Waals surface area contributed by atoms with Crippen molar-refractivity contribution in [3.63, 3.8) is 0 Å². The Morgan fingerprint density at radius 2 is 1.19 bits per heavy atom. The maximum atomic E-state index is 12.8. The number of esters is 1. The monoisotopic (exact) mass is 432 g/mol. The van der Waals surface area contributed by atoms with Crippen LogP contribution in [0.3, 0.4) is 0 Å². The van der Waals surface area contributed by atoms with E-state index in [4.69, 9.17) is 18.9 Å². The highest BCUT2D eigenvalue weighted by atomic mass is 16.6. The fourth-order valence-corrected chi connectivity index (χ4v) is 3.67. The first kappa shape index (κ1) is 22.2. The van der Waals surface area contributed by atoms with E-state index in [2.05, 4.69) is 0 Å². The van der Waals surface area contributed by atoms with Crippen LogP contribution in [0.15, 0.2) is 91.0 Å². The number of hydrogen-bond donors (Lipinski definition) is 0. The predicted octanol–water partition coefficient (Wildman–Crippen LogP) is 4.69. The largest absolute Gasteiger partial charge is 0.458 e. The highest BCUT2D eigenvalue weighted by Crippen LogP contribution is 2.24. The number of carbonyl (C=O) groups is 1. The van der Waals surface area contributed by atoms with Gasteiger partial charge in [-0.2, -0.15) is 0 Å². The summed E-state index contributed by atoms with van der Waals surface area (Å²) in [6, 6.07) is 29.6. The molecular weight excluding hydrogens is 404 g/mol. The van der Waals surface area contributed by atoms with Gasteiger partial charge in [-0.05, 0) is 16.7 Å². The van der Waals surface area contributed by atoms with Crippen molar-refractivity contribution in [1.29, 1.82) is 0 Å². The topological polar surface area (TPSA) is 54.0 Å². The summed E-state index contributed by atoms with van der Waals surface area (Å²) in [6.07, 6.45) is -1.04. The first-order valence-electron chi connectivity index (χ1n) is 10.9. The third kappa shape index (κ3) is 6.50. The van der Waals surface area contributed by atoms with Crippen LogP contribution in [0.5, 0.6) is 0 Å². The van der Waals surface area contributed by atoms with Crippen LogP contribution in [0, 0.1) is 0 Å². The van der Waals surface area contributed by atoms with Gasteiger partial charge in [0.05, 0.1) is 32.5 Å². The molecular formula is C27H28O5. The van der Waals surface area contributed by atoms with Crippen molar-refractivity contribution in [3.05, 3.63) is 108 Å². The van der Waals surface area contributed by atoms with Crippen LogP contribution in [0.25, 0.3) is 0 Å². The molecule has 0 aliphatic carbocycles. The molecule has 0 saturated carbocycles. The van der Waals surface area contributed by atoms with Crippen LogP contribution in [-0.4, -0.2) is 30.9 Å². The molecule has 3 aromatic carbocycles. The van der Waals surface area contributed by atoms with Crippen molar-refractivity contribution in [1.82, 2.24) is 0 Å². The molecule has 0 spiro atoms. The fourth-order valence-electron chi connectivity index (χ4n) is 3.67. The van der Waals surface area contributed by atoms with Crippen molar-refractivity contribution in [2.75, 3.05) is 6.61 Å². The lowest BCUT2D eigenvalue weighted by Gasteiger charge is -2.34. The number of hydrogen-bond acceptors (Lipinski definition) is 5. The molecule has 1 heterocycles. The molecule has 3 unspecified atom stereocenters. The van der Waals surface area contributed by atoms with Crippen molar-refractivity contribution < 1.29 is 23.7 Å². The van der Waals surface area contributed by atoms with Gasteiger partial charge in [-0.25, -0.2) is 4.79 Å². The zero-order chi connectivity index (χ0) is 22.0. The minimum atomic E-state index is -0.774. The summed E-state index contributed by atoms with van der Waals surface area (Å²) in [5, 5.41) is 0. The molecule has 0 amide bonds. The Hall–Kier alpha value is -2.99. The van der Waals surface area contributed by atoms with E-state index in [9.17, 15) is 4.79 Å². The van der Waals surface area contributed by atoms with E-state index in [0.29, 0.717) is 32.8 Å². The van der Waals surface area contributed by atoms with Gasteiger partial charge in [0.15, 0.2) is 6.10 Å². The highest BCUT2D eigenvalue weighted by Gasteiger charge is 2.40. The SMILES string of the molecule is O=C1OC(COCc2ccccc2)CC(OCc2ccccc2)C1OCc1ccccc1. The van der Waals surface area contributed by atoms with Crippen LogP contribution in [0.4, 0.5) is 0 Å². The molecule has 166 valence electrons. The van der Waals surface area contributed by atoms with Crippen molar-refractivity contribution >= 4 is 5.97 Å². The molecule has 3 atom stereocenters. The lowest BCUT2D eigenvalue weighted by molar-refractivity contribution is -0.199. The predicted molar refractivity (Wildman–Crippen MR) is 121 cm³/mol. The number of rotatable bonds is 10. The van der Waals surface area contributed by atoms with Crippen molar-refractivity contribution in [3.8, 4) is 0 Å². The molecule has 3 aromatic rings. The average Bonchev–Trinajstić information content (AvgIpc) is 2.84. The lowest BCUT2D eigenvalue weighted by atomic mass is 10.0. The standard InChI is InChI=1S/C27H28O5/c28-27-26(31-19-23-14-8-3-9-15-23)25(30-18-22-12-6-2-7-13-22)16-24(32-27)20-29-17-21-10-4-1-5-11-21/h1-15,24-26H,16-20H2. The van der Waals surface area contributed by atoms with Crippen molar-refractivity contribution in [2.45, 2.75) is 44.6 Å². The summed E-state index contributed by atoms with van der Waals surface area (Å²) in [6.45, 7) is 1.51. The van der Waals surface area contributed by atoms with Crippen LogP contribution in [0.2, 0.25) is 0 Å². The second-order valence-corrected chi connectivity index (χ2v) is 7.85. The number of ether oxygens (including phenoxy) is 4. The van der Waals surface area contributed by atoms with Gasteiger partial charge < -0.3 is 18.9 Å². The second kappa shape index (κ2) is 11.6. The molecule has 1 saturated heterocycles. The van der Waals surface area contributed by atoms with E-state index in [1.165, 1.54) is 0 Å². The van der Waals surface area contributed by atoms with E-state index in [1.807, 2.05) is 91.0 Å². The summed E-state index contributed by atoms with van der Waals surface area (Å²) in [4.78, 5) is 12.8. The summed E-state index contributed by atoms with van der Waals surface area (Å²) >= 11 is 0. The normalized spacial score (nSPS) is 20.6. The van der Waals surface area contributed by atoms with Gasteiger partial charge in [0.2, 0.25) is 0 Å². The smallest absolute Gasteiger partial charge is 0.338 e. The molecule has 5 nitrogen and oxygen atoms in total. The Morgan fingerprint density at radius 1 is 0.688 bits per heavy atom. The molecule has 0 radical (unpaired) electrons. The quantitative estimate of drug-likeness (QED) is 0.435. The highest BCUT2D eigenvalue weighted by molar-refractivity contribution is 5.76. The van der Waals surface area contributed by atoms with Crippen LogP contribution in [-0.2, 0) is 43.6 Å². The van der Waals surface area contributed by atoms with E-state index in [0.717, 1.165) is 16.7 Å². The molecule has 1 fully saturated rings. The van der Waals surface area contributed by atoms with Crippen LogP contribution < -0.4 is 0 Å². The Kier molecular flexibility index (Phi) is 8.04. The first-order chi connectivity index (χ1) is 15.8. The third-order valence-corrected chi connectivity index (χ3v) is 5.34. The second-order valence-electron chi connectivity index (χ2n) is 7.85. The van der Waals surface area contributed by atoms with Gasteiger partial charge in [-0.1, -0.05) is 91.0 Å². The average molecular weight is 433 g/mol. The van der Waals surface area contributed by atoms with Crippen molar-refractivity contribution in [2.24, 2.45) is 0 Å². The molecule has 0 aromatic heterocycles. The minimum Gasteiger partial charge on any atom is -0.458 e. The Bertz CT molecular complexity index is 946. The summed E-state index contributed by atoms with van der Waals surface area (Å²) in [7, 11) is 0. The number of cyclic esters (lactones) is 1. The van der Waals surface area contributed by atoms with E-state index >= 15 is 0 Å². The third-order valence-electron chi connectivity index (χ3n) is 5.34. The number of carbonyl (C=O) groups excluding carboxylic acids is 1. The van der Waals surface area contributed by atoms with Gasteiger partial charge in [0.1, 0.15) is 6.10 Å². The van der Waals surface area contributed by atoms with Crippen LogP contribution in [0.1, 0.15) is 23.1 Å². The van der Waals surface area contributed by atoms with Gasteiger partial charge >= 0.3 is 5.97 Å². The Balaban J connectivity index is 1.36. The zero-order valence-electron chi connectivity index (χ0n) is 18.0. The fraction of sp³-hybridized carbons (Fsp3) is 0.296. The Morgan fingerprint density at radius 3 is 1.75 bits per heavy atom. The molecule has 0 bridgehead atoms. The Labute approximate surface area is 188 Å². The maximum Gasteiger partial charge on any atom is 0.338 e. The minimum absolute atomic E-state index is 0.317. The zero-order valence-corrected chi connectivity index (χ0v) is 18.0. The molecule has 5 heteroatoms. The maximum absolute atomic E-state index is 12.8. The molecule has 32 heavy (non-hydrogen) atoms. The van der Waals surface area contributed by atoms with Crippen LogP contribution >= 0.6 is 0 Å². The van der Waals surface area contributed by atoms with Gasteiger partial charge in [0, 0.05) is 6.42 Å². The summed E-state index contributed by atoms with van der Waals surface area (Å²) in [5.41, 5.74) is 3.12. The molecule has 1 aliphatic heterocycles. The summed E-state index contributed by atoms with van der Waals surface area (Å²) in [5.74, 6) is -0.404. The van der Waals surface area contributed by atoms with Gasteiger partial charge in [-0.15, -0.1) is 0 Å². The van der Waals surface area contributed by atoms with E-state index in [-0.39, 0.29) is 6.10 Å². The summed E-state index contributed by atoms with van der Waals surface area (Å²) < 4.78 is 23.6. The van der Waals surface area contributed by atoms with Gasteiger partial charge in [-0.3, -0.25) is 0 Å². The van der Waals surface area contributed by atoms with E-state index < -0.39 is 18.2 Å². The first-order valence-corrected chi connectivity index (χ1v) is 10.9. The molecule has 4 rings (SSSR count). The number of benzene rings is 3. The van der Waals surface area contributed by atoms with E-state index in [1.54, 1.807) is 0 Å².